The van der Waals surface area contributed by atoms with Gasteiger partial charge in [0.05, 0.1) is 6.61 Å². The minimum Gasteiger partial charge on any atom is -0.464 e. The smallest absolute Gasteiger partial charge is 0.328 e. The minimum absolute atomic E-state index is 0.286. The molecule has 0 saturated carbocycles. The van der Waals surface area contributed by atoms with Crippen LogP contribution in [0.25, 0.3) is 0 Å². The van der Waals surface area contributed by atoms with Gasteiger partial charge in [-0.15, -0.1) is 0 Å². The fourth-order valence-electron chi connectivity index (χ4n) is 0.924. The van der Waals surface area contributed by atoms with Crippen LogP contribution in [0.3, 0.4) is 0 Å². The first kappa shape index (κ1) is 10.4. The molecule has 1 atom stereocenters. The van der Waals surface area contributed by atoms with Gasteiger partial charge in [0.2, 0.25) is 0 Å². The number of nitrogens with one attached hydrogen (secondary N) is 1. The molecule has 0 amide bonds. The molecule has 76 valence electrons. The van der Waals surface area contributed by atoms with Crippen LogP contribution in [0, 0.1) is 0 Å². The lowest BCUT2D eigenvalue weighted by Crippen LogP contribution is -2.28. The van der Waals surface area contributed by atoms with E-state index < -0.39 is 6.04 Å². The summed E-state index contributed by atoms with van der Waals surface area (Å²) in [6.07, 6.45) is 3.02. The highest BCUT2D eigenvalue weighted by Crippen LogP contribution is 2.02. The number of nitrogens with zero attached hydrogens (tertiary/aromatic N) is 2. The molecule has 1 N–H and O–H groups in total. The Morgan fingerprint density at radius 2 is 2.50 bits per heavy atom. The highest BCUT2D eigenvalue weighted by molar-refractivity contribution is 5.78. The summed E-state index contributed by atoms with van der Waals surface area (Å²) in [6.45, 7) is 3.88. The Morgan fingerprint density at radius 1 is 1.71 bits per heavy atom. The second-order valence-corrected chi connectivity index (χ2v) is 2.71. The average Bonchev–Trinajstić information content (AvgIpc) is 2.19. The zero-order valence-corrected chi connectivity index (χ0v) is 8.23. The number of anilines is 1. The average molecular weight is 195 g/mol. The van der Waals surface area contributed by atoms with E-state index in [0.29, 0.717) is 12.4 Å². The monoisotopic (exact) mass is 195 g/mol. The number of carbonyl (C=O) groups excluding carboxylic acids is 1. The molecule has 0 spiro atoms. The van der Waals surface area contributed by atoms with Crippen molar-refractivity contribution < 1.29 is 9.53 Å². The molecule has 0 radical (unpaired) electrons. The maximum absolute atomic E-state index is 11.2. The molecule has 0 aromatic carbocycles. The minimum atomic E-state index is -0.398. The van der Waals surface area contributed by atoms with Crippen molar-refractivity contribution in [3.63, 3.8) is 0 Å². The number of esters is 1. The summed E-state index contributed by atoms with van der Waals surface area (Å²) in [6, 6.07) is 1.29. The Labute approximate surface area is 82.5 Å². The van der Waals surface area contributed by atoms with E-state index in [4.69, 9.17) is 4.74 Å². The van der Waals surface area contributed by atoms with E-state index in [1.165, 1.54) is 6.33 Å². The molecule has 0 aliphatic rings. The summed E-state index contributed by atoms with van der Waals surface area (Å²) in [4.78, 5) is 18.9. The first-order chi connectivity index (χ1) is 6.74. The number of rotatable bonds is 4. The molecule has 1 unspecified atom stereocenters. The third-order valence-corrected chi connectivity index (χ3v) is 1.59. The summed E-state index contributed by atoms with van der Waals surface area (Å²) >= 11 is 0. The van der Waals surface area contributed by atoms with Gasteiger partial charge in [0, 0.05) is 6.20 Å². The van der Waals surface area contributed by atoms with Crippen molar-refractivity contribution in [2.75, 3.05) is 11.9 Å². The van der Waals surface area contributed by atoms with Gasteiger partial charge in [-0.05, 0) is 19.9 Å². The summed E-state index contributed by atoms with van der Waals surface area (Å²) < 4.78 is 4.83. The number of hydrogen-bond donors (Lipinski definition) is 1. The van der Waals surface area contributed by atoms with Crippen molar-refractivity contribution in [2.45, 2.75) is 19.9 Å². The van der Waals surface area contributed by atoms with Crippen molar-refractivity contribution in [3.8, 4) is 0 Å². The fraction of sp³-hybridized carbons (Fsp3) is 0.444. The highest BCUT2D eigenvalue weighted by Gasteiger charge is 2.13. The van der Waals surface area contributed by atoms with Gasteiger partial charge in [0.15, 0.2) is 0 Å². The fourth-order valence-corrected chi connectivity index (χ4v) is 0.924. The molecule has 14 heavy (non-hydrogen) atoms. The lowest BCUT2D eigenvalue weighted by molar-refractivity contribution is -0.143. The molecule has 0 aliphatic carbocycles. The highest BCUT2D eigenvalue weighted by atomic mass is 16.5. The second-order valence-electron chi connectivity index (χ2n) is 2.71. The van der Waals surface area contributed by atoms with Crippen LogP contribution in [0.4, 0.5) is 5.82 Å². The predicted octanol–water partition coefficient (Wildman–Crippen LogP) is 0.840. The van der Waals surface area contributed by atoms with E-state index in [1.807, 2.05) is 0 Å². The van der Waals surface area contributed by atoms with Crippen molar-refractivity contribution in [1.82, 2.24) is 9.97 Å². The van der Waals surface area contributed by atoms with Crippen LogP contribution in [0.1, 0.15) is 13.8 Å². The van der Waals surface area contributed by atoms with Crippen molar-refractivity contribution >= 4 is 11.8 Å². The first-order valence-corrected chi connectivity index (χ1v) is 4.43. The van der Waals surface area contributed by atoms with E-state index in [0.717, 1.165) is 0 Å². The van der Waals surface area contributed by atoms with Crippen LogP contribution in [0.2, 0.25) is 0 Å². The number of ether oxygens (including phenoxy) is 1. The van der Waals surface area contributed by atoms with Crippen LogP contribution >= 0.6 is 0 Å². The van der Waals surface area contributed by atoms with Gasteiger partial charge in [-0.1, -0.05) is 0 Å². The Bertz CT molecular complexity index is 289. The lowest BCUT2D eigenvalue weighted by Gasteiger charge is -2.12. The maximum atomic E-state index is 11.2. The number of aromatic nitrogens is 2. The van der Waals surface area contributed by atoms with Crippen LogP contribution in [-0.2, 0) is 9.53 Å². The largest absolute Gasteiger partial charge is 0.464 e. The molecular formula is C9H13N3O2. The topological polar surface area (TPSA) is 64.1 Å². The van der Waals surface area contributed by atoms with Crippen LogP contribution in [0.15, 0.2) is 18.6 Å². The zero-order valence-electron chi connectivity index (χ0n) is 8.23. The van der Waals surface area contributed by atoms with Gasteiger partial charge >= 0.3 is 5.97 Å². The Balaban J connectivity index is 2.49. The molecule has 0 fully saturated rings. The number of carbonyl (C=O) groups is 1. The van der Waals surface area contributed by atoms with Gasteiger partial charge in [0.25, 0.3) is 0 Å². The maximum Gasteiger partial charge on any atom is 0.328 e. The summed E-state index contributed by atoms with van der Waals surface area (Å²) in [5.74, 6) is 0.326. The molecule has 5 nitrogen and oxygen atoms in total. The predicted molar refractivity (Wildman–Crippen MR) is 51.7 cm³/mol. The van der Waals surface area contributed by atoms with Gasteiger partial charge < -0.3 is 10.1 Å². The molecule has 0 bridgehead atoms. The van der Waals surface area contributed by atoms with E-state index in [9.17, 15) is 4.79 Å². The van der Waals surface area contributed by atoms with Crippen LogP contribution < -0.4 is 5.32 Å². The molecule has 0 saturated heterocycles. The number of hydrogen-bond acceptors (Lipinski definition) is 5. The SMILES string of the molecule is CCOC(=O)C(C)Nc1ccncn1. The summed E-state index contributed by atoms with van der Waals surface area (Å²) in [5, 5.41) is 2.90. The second kappa shape index (κ2) is 5.16. The third-order valence-electron chi connectivity index (χ3n) is 1.59. The van der Waals surface area contributed by atoms with E-state index >= 15 is 0 Å². The van der Waals surface area contributed by atoms with Gasteiger partial charge in [-0.2, -0.15) is 0 Å². The molecule has 1 aromatic heterocycles. The Hall–Kier alpha value is -1.65. The molecule has 5 heteroatoms. The third kappa shape index (κ3) is 3.01. The molecular weight excluding hydrogens is 182 g/mol. The van der Waals surface area contributed by atoms with Crippen LogP contribution in [0.5, 0.6) is 0 Å². The summed E-state index contributed by atoms with van der Waals surface area (Å²) in [5.41, 5.74) is 0. The van der Waals surface area contributed by atoms with E-state index in [2.05, 4.69) is 15.3 Å². The van der Waals surface area contributed by atoms with E-state index in [1.54, 1.807) is 26.1 Å². The van der Waals surface area contributed by atoms with Gasteiger partial charge in [-0.25, -0.2) is 14.8 Å². The Kier molecular flexibility index (Phi) is 3.84. The molecule has 1 heterocycles. The van der Waals surface area contributed by atoms with Gasteiger partial charge in [0.1, 0.15) is 18.2 Å². The molecule has 1 aromatic rings. The van der Waals surface area contributed by atoms with E-state index in [-0.39, 0.29) is 5.97 Å². The quantitative estimate of drug-likeness (QED) is 0.721. The van der Waals surface area contributed by atoms with Gasteiger partial charge in [-0.3, -0.25) is 0 Å². The Morgan fingerprint density at radius 3 is 3.07 bits per heavy atom. The zero-order chi connectivity index (χ0) is 10.4. The van der Waals surface area contributed by atoms with Crippen LogP contribution in [-0.4, -0.2) is 28.6 Å². The standard InChI is InChI=1S/C9H13N3O2/c1-3-14-9(13)7(2)12-8-4-5-10-6-11-8/h4-7H,3H2,1-2H3,(H,10,11,12). The summed E-state index contributed by atoms with van der Waals surface area (Å²) in [7, 11) is 0. The van der Waals surface area contributed by atoms with Crippen molar-refractivity contribution in [1.29, 1.82) is 0 Å². The normalized spacial score (nSPS) is 11.9. The molecule has 1 rings (SSSR count). The van der Waals surface area contributed by atoms with Crippen molar-refractivity contribution in [2.24, 2.45) is 0 Å². The first-order valence-electron chi connectivity index (χ1n) is 4.43. The lowest BCUT2D eigenvalue weighted by atomic mass is 10.3. The van der Waals surface area contributed by atoms with Crippen molar-refractivity contribution in [3.05, 3.63) is 18.6 Å². The molecule has 0 aliphatic heterocycles.